The highest BCUT2D eigenvalue weighted by Gasteiger charge is 2.16. The Labute approximate surface area is 350 Å². The molecule has 334 valence electrons. The van der Waals surface area contributed by atoms with Crippen LogP contribution in [0, 0.1) is 0 Å². The minimum absolute atomic E-state index is 0.0669. The van der Waals surface area contributed by atoms with Gasteiger partial charge in [-0.1, -0.05) is 22.4 Å². The van der Waals surface area contributed by atoms with Crippen molar-refractivity contribution < 1.29 is 61.8 Å². The Bertz CT molecular complexity index is 1530. The van der Waals surface area contributed by atoms with Crippen molar-refractivity contribution in [3.8, 4) is 11.5 Å². The van der Waals surface area contributed by atoms with Crippen LogP contribution in [0.25, 0.3) is 20.9 Å². The van der Waals surface area contributed by atoms with Gasteiger partial charge in [0, 0.05) is 35.0 Å². The van der Waals surface area contributed by atoms with Crippen molar-refractivity contribution in [1.29, 1.82) is 0 Å². The van der Waals surface area contributed by atoms with Gasteiger partial charge in [0.1, 0.15) is 30.3 Å². The summed E-state index contributed by atoms with van der Waals surface area (Å²) in [4.78, 5) is 40.0. The van der Waals surface area contributed by atoms with E-state index in [1.165, 1.54) is 0 Å². The number of Topliss-reactive ketones (excluding diaryl/α,β-unsaturated/α-hetero) is 1. The van der Waals surface area contributed by atoms with Gasteiger partial charge in [0.05, 0.1) is 92.4 Å². The molecular formula is C39H60N8O13. The van der Waals surface area contributed by atoms with E-state index in [1.807, 2.05) is 20.8 Å². The largest absolute Gasteiger partial charge is 0.491 e. The molecule has 0 saturated carbocycles. The van der Waals surface area contributed by atoms with E-state index in [9.17, 15) is 14.4 Å². The summed E-state index contributed by atoms with van der Waals surface area (Å²) in [6, 6.07) is 14.2. The second-order valence-electron chi connectivity index (χ2n) is 12.9. The third kappa shape index (κ3) is 32.6. The van der Waals surface area contributed by atoms with Crippen molar-refractivity contribution in [3.05, 3.63) is 75.0 Å². The van der Waals surface area contributed by atoms with E-state index in [0.29, 0.717) is 123 Å². The van der Waals surface area contributed by atoms with E-state index in [2.05, 4.69) is 30.7 Å². The Hall–Kier alpha value is -5.37. The minimum atomic E-state index is -0.596. The van der Waals surface area contributed by atoms with Crippen LogP contribution in [-0.2, 0) is 49.1 Å². The summed E-state index contributed by atoms with van der Waals surface area (Å²) in [5.74, 6) is 1.24. The molecule has 0 radical (unpaired) electrons. The van der Waals surface area contributed by atoms with E-state index >= 15 is 0 Å². The van der Waals surface area contributed by atoms with Crippen molar-refractivity contribution in [1.82, 2.24) is 5.32 Å². The normalized spacial score (nSPS) is 10.5. The van der Waals surface area contributed by atoms with Crippen molar-refractivity contribution in [2.75, 3.05) is 124 Å². The van der Waals surface area contributed by atoms with E-state index < -0.39 is 17.8 Å². The van der Waals surface area contributed by atoms with Crippen LogP contribution in [-0.4, -0.2) is 142 Å². The maximum atomic E-state index is 11.9. The first kappa shape index (κ1) is 52.6. The van der Waals surface area contributed by atoms with Crippen molar-refractivity contribution >= 4 is 23.7 Å². The summed E-state index contributed by atoms with van der Waals surface area (Å²) in [5.41, 5.74) is 17.1. The molecule has 0 spiro atoms. The molecule has 2 amide bonds. The molecule has 0 bridgehead atoms. The lowest BCUT2D eigenvalue weighted by atomic mass is 10.1. The molecule has 0 atom stereocenters. The van der Waals surface area contributed by atoms with Gasteiger partial charge in [-0.25, -0.2) is 9.59 Å². The molecule has 0 aliphatic rings. The van der Waals surface area contributed by atoms with E-state index in [1.54, 1.807) is 55.5 Å². The number of amides is 2. The quantitative estimate of drug-likeness (QED) is 0.0368. The van der Waals surface area contributed by atoms with E-state index in [0.717, 1.165) is 5.56 Å². The number of nitrogens with one attached hydrogen (secondary N) is 2. The van der Waals surface area contributed by atoms with Crippen LogP contribution in [0.3, 0.4) is 0 Å². The van der Waals surface area contributed by atoms with Gasteiger partial charge in [-0.05, 0) is 80.7 Å². The Morgan fingerprint density at radius 1 is 0.600 bits per heavy atom. The molecule has 21 heteroatoms. The number of rotatable bonds is 32. The molecule has 0 heterocycles. The van der Waals surface area contributed by atoms with Crippen LogP contribution in [0.5, 0.6) is 11.5 Å². The van der Waals surface area contributed by atoms with Gasteiger partial charge >= 0.3 is 12.2 Å². The maximum Gasteiger partial charge on any atom is 0.412 e. The topological polar surface area (TPSA) is 265 Å². The number of ether oxygens (including phenoxy) is 10. The highest BCUT2D eigenvalue weighted by molar-refractivity contribution is 5.86. The molecule has 0 aliphatic carbocycles. The number of alkyl carbamates (subject to hydrolysis) is 1. The van der Waals surface area contributed by atoms with Crippen LogP contribution in [0.4, 0.5) is 15.3 Å². The van der Waals surface area contributed by atoms with Gasteiger partial charge < -0.3 is 52.7 Å². The first-order valence-corrected chi connectivity index (χ1v) is 19.4. The third-order valence-electron chi connectivity index (χ3n) is 6.81. The maximum absolute atomic E-state index is 11.9. The Morgan fingerprint density at radius 2 is 1.02 bits per heavy atom. The Morgan fingerprint density at radius 3 is 1.43 bits per heavy atom. The summed E-state index contributed by atoms with van der Waals surface area (Å²) < 4.78 is 53.0. The van der Waals surface area contributed by atoms with Gasteiger partial charge in [0.2, 0.25) is 0 Å². The summed E-state index contributed by atoms with van der Waals surface area (Å²) in [6.07, 6.45) is -0.878. The van der Waals surface area contributed by atoms with Crippen molar-refractivity contribution in [2.45, 2.75) is 39.7 Å². The molecule has 21 nitrogen and oxygen atoms in total. The summed E-state index contributed by atoms with van der Waals surface area (Å²) >= 11 is 0. The fourth-order valence-electron chi connectivity index (χ4n) is 4.22. The second-order valence-corrected chi connectivity index (χ2v) is 12.9. The SMILES string of the molecule is CC(C)(C)OC(=O)Nc1ccc(OCCOCCOCCOCCN=[N+]=[N-])cc1.CCOC(=O)NCC(=O)Cc1ccc(OCCOCCOCCOCCN=[N+]=[N-])cc1. The molecule has 0 aromatic heterocycles. The third-order valence-corrected chi connectivity index (χ3v) is 6.81. The lowest BCUT2D eigenvalue weighted by molar-refractivity contribution is -0.117. The van der Waals surface area contributed by atoms with Crippen LogP contribution >= 0.6 is 0 Å². The zero-order valence-corrected chi connectivity index (χ0v) is 35.0. The Balaban J connectivity index is 0.000000601. The first-order valence-electron chi connectivity index (χ1n) is 19.4. The molecule has 0 aliphatic heterocycles. The molecule has 2 N–H and O–H groups in total. The number of hydrogen-bond donors (Lipinski definition) is 2. The number of anilines is 1. The lowest BCUT2D eigenvalue weighted by Gasteiger charge is -2.19. The van der Waals surface area contributed by atoms with Crippen LogP contribution in [0.15, 0.2) is 58.8 Å². The van der Waals surface area contributed by atoms with Gasteiger partial charge in [-0.2, -0.15) is 0 Å². The number of azide groups is 2. The number of carbonyl (C=O) groups is 3. The van der Waals surface area contributed by atoms with Gasteiger partial charge in [-0.15, -0.1) is 0 Å². The van der Waals surface area contributed by atoms with Gasteiger partial charge in [0.15, 0.2) is 5.78 Å². The van der Waals surface area contributed by atoms with Crippen LogP contribution < -0.4 is 20.1 Å². The number of hydrogen-bond acceptors (Lipinski definition) is 15. The van der Waals surface area contributed by atoms with E-state index in [4.69, 9.17) is 58.4 Å². The highest BCUT2D eigenvalue weighted by atomic mass is 16.6. The smallest absolute Gasteiger partial charge is 0.412 e. The average Bonchev–Trinajstić information content (AvgIpc) is 3.21. The van der Waals surface area contributed by atoms with Crippen LogP contribution in [0.1, 0.15) is 33.3 Å². The first-order chi connectivity index (χ1) is 29.1. The lowest BCUT2D eigenvalue weighted by Crippen LogP contribution is -2.30. The predicted octanol–water partition coefficient (Wildman–Crippen LogP) is 6.06. The second kappa shape index (κ2) is 35.6. The molecule has 2 aromatic rings. The summed E-state index contributed by atoms with van der Waals surface area (Å²) in [7, 11) is 0. The van der Waals surface area contributed by atoms with Gasteiger partial charge in [-0.3, -0.25) is 10.1 Å². The molecule has 2 rings (SSSR count). The van der Waals surface area contributed by atoms with E-state index in [-0.39, 0.29) is 25.4 Å². The average molecular weight is 849 g/mol. The fraction of sp³-hybridized carbons (Fsp3) is 0.615. The molecule has 2 aromatic carbocycles. The monoisotopic (exact) mass is 848 g/mol. The molecular weight excluding hydrogens is 788 g/mol. The number of nitrogens with zero attached hydrogens (tertiary/aromatic N) is 6. The van der Waals surface area contributed by atoms with Gasteiger partial charge in [0.25, 0.3) is 0 Å². The van der Waals surface area contributed by atoms with Crippen LogP contribution in [0.2, 0.25) is 0 Å². The molecule has 0 unspecified atom stereocenters. The highest BCUT2D eigenvalue weighted by Crippen LogP contribution is 2.17. The zero-order valence-electron chi connectivity index (χ0n) is 35.0. The standard InChI is InChI=1S/C20H30N4O7.C19H30N4O6/c1-2-30-20(26)22-16-18(25)15-17-3-5-19(6-4-17)31-14-13-29-12-11-28-10-9-27-8-7-23-24-21;1-19(2,3)29-18(24)22-16-4-6-17(7-5-16)28-15-14-27-13-12-26-11-10-25-9-8-21-23-20/h3-6H,2,7-16H2,1H3,(H,22,26);4-7H,8-15H2,1-3H3,(H,22,24). The van der Waals surface area contributed by atoms with Crippen molar-refractivity contribution in [3.63, 3.8) is 0 Å². The zero-order chi connectivity index (χ0) is 43.9. The number of ketones is 1. The Kier molecular flexibility index (Phi) is 31.2. The minimum Gasteiger partial charge on any atom is -0.491 e. The number of benzene rings is 2. The fourth-order valence-corrected chi connectivity index (χ4v) is 4.22. The number of carbonyl (C=O) groups excluding carboxylic acids is 3. The molecule has 0 saturated heterocycles. The predicted molar refractivity (Wildman–Crippen MR) is 220 cm³/mol. The molecule has 0 fully saturated rings. The summed E-state index contributed by atoms with van der Waals surface area (Å²) in [6.45, 7) is 14.0. The molecule has 60 heavy (non-hydrogen) atoms. The summed E-state index contributed by atoms with van der Waals surface area (Å²) in [5, 5.41) is 11.8. The van der Waals surface area contributed by atoms with Crippen molar-refractivity contribution in [2.24, 2.45) is 10.2 Å².